The molecule has 1 rings (SSSR count). The van der Waals surface area contributed by atoms with E-state index in [1.54, 1.807) is 0 Å². The monoisotopic (exact) mass is 394 g/mol. The molecule has 0 radical (unpaired) electrons. The van der Waals surface area contributed by atoms with Crippen LogP contribution in [0.15, 0.2) is 46.5 Å². The zero-order valence-electron chi connectivity index (χ0n) is 14.1. The Morgan fingerprint density at radius 1 is 1.30 bits per heavy atom. The highest BCUT2D eigenvalue weighted by atomic mass is 35.5. The Hall–Kier alpha value is 0.120. The van der Waals surface area contributed by atoms with Crippen LogP contribution in [0.3, 0.4) is 0 Å². The first-order chi connectivity index (χ1) is 10.8. The van der Waals surface area contributed by atoms with Gasteiger partial charge in [0.2, 0.25) is 0 Å². The predicted octanol–water partition coefficient (Wildman–Crippen LogP) is 8.00. The standard InChI is InChI=1S/C19H26Cl4/c1-5-9-14(10-6-2)18-15(19(18,22)23)11-8-12-17(21)13(4)16(20)7-3/h5-6,10,12,14-15,18H,1,7-9,11H2,2-4H3/b10-6-,16-13+,17-12+. The minimum atomic E-state index is -0.639. The van der Waals surface area contributed by atoms with Gasteiger partial charge in [0.05, 0.1) is 0 Å². The number of hydrogen-bond acceptors (Lipinski definition) is 0. The van der Waals surface area contributed by atoms with Crippen LogP contribution in [0, 0.1) is 17.8 Å². The summed E-state index contributed by atoms with van der Waals surface area (Å²) in [6.07, 6.45) is 11.7. The first-order valence-corrected chi connectivity index (χ1v) is 9.65. The minimum absolute atomic E-state index is 0.281. The van der Waals surface area contributed by atoms with Crippen LogP contribution in [0.1, 0.15) is 46.5 Å². The third kappa shape index (κ3) is 5.56. The first kappa shape index (κ1) is 21.2. The molecular weight excluding hydrogens is 370 g/mol. The molecule has 3 atom stereocenters. The molecule has 1 saturated carbocycles. The molecule has 0 aromatic carbocycles. The van der Waals surface area contributed by atoms with E-state index in [1.165, 1.54) is 0 Å². The van der Waals surface area contributed by atoms with Crippen LogP contribution in [0.4, 0.5) is 0 Å². The normalized spacial score (nSPS) is 26.1. The fourth-order valence-electron chi connectivity index (χ4n) is 3.09. The highest BCUT2D eigenvalue weighted by molar-refractivity contribution is 6.51. The van der Waals surface area contributed by atoms with E-state index in [9.17, 15) is 0 Å². The molecule has 0 aliphatic heterocycles. The molecule has 0 saturated heterocycles. The molecule has 0 bridgehead atoms. The van der Waals surface area contributed by atoms with Gasteiger partial charge in [-0.2, -0.15) is 0 Å². The summed E-state index contributed by atoms with van der Waals surface area (Å²) in [5.74, 6) is 0.926. The number of hydrogen-bond donors (Lipinski definition) is 0. The van der Waals surface area contributed by atoms with Gasteiger partial charge in [0.25, 0.3) is 0 Å². The summed E-state index contributed by atoms with van der Waals surface area (Å²) in [6.45, 7) is 9.81. The second-order valence-electron chi connectivity index (χ2n) is 6.03. The van der Waals surface area contributed by atoms with Crippen molar-refractivity contribution in [1.82, 2.24) is 0 Å². The molecule has 23 heavy (non-hydrogen) atoms. The molecule has 0 aromatic rings. The summed E-state index contributed by atoms with van der Waals surface area (Å²) in [4.78, 5) is 0. The van der Waals surface area contributed by atoms with E-state index in [0.29, 0.717) is 11.8 Å². The largest absolute Gasteiger partial charge is 0.125 e. The van der Waals surface area contributed by atoms with Crippen LogP contribution in [-0.4, -0.2) is 4.33 Å². The van der Waals surface area contributed by atoms with E-state index < -0.39 is 4.33 Å². The first-order valence-electron chi connectivity index (χ1n) is 8.13. The van der Waals surface area contributed by atoms with Crippen molar-refractivity contribution in [3.63, 3.8) is 0 Å². The van der Waals surface area contributed by atoms with Gasteiger partial charge in [-0.3, -0.25) is 0 Å². The Kier molecular flexibility index (Phi) is 8.80. The lowest BCUT2D eigenvalue weighted by Crippen LogP contribution is -2.03. The number of allylic oxidation sites excluding steroid dienone is 7. The number of halogens is 4. The van der Waals surface area contributed by atoms with Crippen LogP contribution >= 0.6 is 46.4 Å². The summed E-state index contributed by atoms with van der Waals surface area (Å²) in [5, 5.41) is 1.53. The van der Waals surface area contributed by atoms with Crippen LogP contribution < -0.4 is 0 Å². The van der Waals surface area contributed by atoms with Crippen molar-refractivity contribution in [2.45, 2.75) is 50.8 Å². The van der Waals surface area contributed by atoms with Gasteiger partial charge in [0.1, 0.15) is 4.33 Å². The van der Waals surface area contributed by atoms with Crippen molar-refractivity contribution in [3.8, 4) is 0 Å². The average Bonchev–Trinajstić information content (AvgIpc) is 3.06. The van der Waals surface area contributed by atoms with Crippen molar-refractivity contribution in [3.05, 3.63) is 46.5 Å². The maximum absolute atomic E-state index is 6.50. The van der Waals surface area contributed by atoms with Gasteiger partial charge in [-0.25, -0.2) is 0 Å². The van der Waals surface area contributed by atoms with Gasteiger partial charge in [-0.05, 0) is 56.9 Å². The molecule has 130 valence electrons. The lowest BCUT2D eigenvalue weighted by Gasteiger charge is -2.10. The Morgan fingerprint density at radius 3 is 2.48 bits per heavy atom. The highest BCUT2D eigenvalue weighted by Crippen LogP contribution is 2.65. The fourth-order valence-corrected chi connectivity index (χ4v) is 4.46. The molecule has 0 nitrogen and oxygen atoms in total. The summed E-state index contributed by atoms with van der Waals surface area (Å²) in [6, 6.07) is 0. The molecule has 4 heteroatoms. The number of alkyl halides is 2. The van der Waals surface area contributed by atoms with E-state index >= 15 is 0 Å². The Bertz CT molecular complexity index is 499. The molecule has 1 aliphatic carbocycles. The summed E-state index contributed by atoms with van der Waals surface area (Å²) in [7, 11) is 0. The fraction of sp³-hybridized carbons (Fsp3) is 0.579. The summed E-state index contributed by atoms with van der Waals surface area (Å²) in [5.41, 5.74) is 0.949. The maximum atomic E-state index is 6.50. The highest BCUT2D eigenvalue weighted by Gasteiger charge is 2.64. The van der Waals surface area contributed by atoms with Crippen LogP contribution in [-0.2, 0) is 0 Å². The van der Waals surface area contributed by atoms with Crippen LogP contribution in [0.25, 0.3) is 0 Å². The van der Waals surface area contributed by atoms with E-state index in [1.807, 2.05) is 32.9 Å². The zero-order valence-corrected chi connectivity index (χ0v) is 17.1. The van der Waals surface area contributed by atoms with Gasteiger partial charge < -0.3 is 0 Å². The Balaban J connectivity index is 2.66. The van der Waals surface area contributed by atoms with Gasteiger partial charge in [0.15, 0.2) is 0 Å². The topological polar surface area (TPSA) is 0 Å². The third-order valence-electron chi connectivity index (χ3n) is 4.48. The quantitative estimate of drug-likeness (QED) is 0.210. The minimum Gasteiger partial charge on any atom is -0.103 e. The van der Waals surface area contributed by atoms with E-state index in [2.05, 4.69) is 18.7 Å². The SMILES string of the molecule is C=CCC(/C=C\C)C1C(CC/C=C(Cl)\C(C)=C(\Cl)CC)C1(Cl)Cl. The van der Waals surface area contributed by atoms with E-state index in [4.69, 9.17) is 46.4 Å². The average molecular weight is 396 g/mol. The Morgan fingerprint density at radius 2 is 1.96 bits per heavy atom. The number of rotatable bonds is 9. The maximum Gasteiger partial charge on any atom is 0.125 e. The molecule has 3 unspecified atom stereocenters. The zero-order chi connectivity index (χ0) is 17.6. The molecule has 0 amide bonds. The molecular formula is C19H26Cl4. The summed E-state index contributed by atoms with van der Waals surface area (Å²) < 4.78 is -0.639. The van der Waals surface area contributed by atoms with Gasteiger partial charge >= 0.3 is 0 Å². The van der Waals surface area contributed by atoms with Crippen LogP contribution in [0.5, 0.6) is 0 Å². The van der Waals surface area contributed by atoms with E-state index in [-0.39, 0.29) is 5.92 Å². The van der Waals surface area contributed by atoms with Crippen molar-refractivity contribution < 1.29 is 0 Å². The molecule has 1 aliphatic rings. The van der Waals surface area contributed by atoms with Gasteiger partial charge in [0, 0.05) is 16.0 Å². The third-order valence-corrected chi connectivity index (χ3v) is 6.53. The molecule has 0 heterocycles. The van der Waals surface area contributed by atoms with Crippen molar-refractivity contribution in [2.75, 3.05) is 0 Å². The Labute approximate surface area is 161 Å². The van der Waals surface area contributed by atoms with E-state index in [0.717, 1.165) is 41.3 Å². The van der Waals surface area contributed by atoms with Crippen molar-refractivity contribution >= 4 is 46.4 Å². The van der Waals surface area contributed by atoms with Crippen LogP contribution in [0.2, 0.25) is 0 Å². The molecule has 1 fully saturated rings. The van der Waals surface area contributed by atoms with Gasteiger partial charge in [-0.15, -0.1) is 29.8 Å². The lowest BCUT2D eigenvalue weighted by molar-refractivity contribution is 0.516. The second kappa shape index (κ2) is 9.56. The lowest BCUT2D eigenvalue weighted by atomic mass is 9.96. The molecule has 0 N–H and O–H groups in total. The molecule has 0 spiro atoms. The van der Waals surface area contributed by atoms with Crippen molar-refractivity contribution in [1.29, 1.82) is 0 Å². The second-order valence-corrected chi connectivity index (χ2v) is 8.34. The summed E-state index contributed by atoms with van der Waals surface area (Å²) >= 11 is 25.5. The molecule has 0 aromatic heterocycles. The predicted molar refractivity (Wildman–Crippen MR) is 107 cm³/mol. The van der Waals surface area contributed by atoms with Crippen molar-refractivity contribution in [2.24, 2.45) is 17.8 Å². The van der Waals surface area contributed by atoms with Gasteiger partial charge in [-0.1, -0.05) is 54.4 Å². The smallest absolute Gasteiger partial charge is 0.103 e.